The Balaban J connectivity index is 2.33. The summed E-state index contributed by atoms with van der Waals surface area (Å²) in [7, 11) is 1.66. The molecule has 1 heteroatoms. The predicted molar refractivity (Wildman–Crippen MR) is 70.2 cm³/mol. The summed E-state index contributed by atoms with van der Waals surface area (Å²) in [6.07, 6.45) is 0. The lowest BCUT2D eigenvalue weighted by Crippen LogP contribution is -1.86. The standard InChI is InChI=1S/C16H14O/c1-13-6-5-7-14(12-13)10-11-15-8-3-4-9-16(15)17-2/h3-9,12H,1-2H3. The molecule has 0 aliphatic rings. The van der Waals surface area contributed by atoms with Crippen LogP contribution in [0.15, 0.2) is 48.5 Å². The molecule has 0 aliphatic heterocycles. The Bertz CT molecular complexity index is 573. The first-order chi connectivity index (χ1) is 8.29. The highest BCUT2D eigenvalue weighted by molar-refractivity contribution is 5.49. The van der Waals surface area contributed by atoms with Crippen molar-refractivity contribution in [2.24, 2.45) is 0 Å². The van der Waals surface area contributed by atoms with E-state index in [4.69, 9.17) is 4.74 Å². The van der Waals surface area contributed by atoms with Crippen LogP contribution >= 0.6 is 0 Å². The van der Waals surface area contributed by atoms with Crippen molar-refractivity contribution >= 4 is 0 Å². The molecule has 0 saturated carbocycles. The van der Waals surface area contributed by atoms with Crippen LogP contribution in [0.3, 0.4) is 0 Å². The zero-order valence-corrected chi connectivity index (χ0v) is 10.0. The van der Waals surface area contributed by atoms with Crippen molar-refractivity contribution in [2.75, 3.05) is 7.11 Å². The second-order valence-corrected chi connectivity index (χ2v) is 3.82. The number of hydrogen-bond donors (Lipinski definition) is 0. The molecule has 0 aromatic heterocycles. The molecule has 2 aromatic carbocycles. The van der Waals surface area contributed by atoms with E-state index < -0.39 is 0 Å². The fourth-order valence-electron chi connectivity index (χ4n) is 1.61. The van der Waals surface area contributed by atoms with Gasteiger partial charge in [-0.15, -0.1) is 0 Å². The third-order valence-corrected chi connectivity index (χ3v) is 2.47. The monoisotopic (exact) mass is 222 g/mol. The quantitative estimate of drug-likeness (QED) is 0.672. The van der Waals surface area contributed by atoms with Gasteiger partial charge in [-0.05, 0) is 36.8 Å². The van der Waals surface area contributed by atoms with Crippen molar-refractivity contribution in [3.63, 3.8) is 0 Å². The second-order valence-electron chi connectivity index (χ2n) is 3.82. The largest absolute Gasteiger partial charge is 0.495 e. The van der Waals surface area contributed by atoms with Crippen LogP contribution in [0.2, 0.25) is 0 Å². The number of rotatable bonds is 1. The van der Waals surface area contributed by atoms with Gasteiger partial charge < -0.3 is 4.74 Å². The highest BCUT2D eigenvalue weighted by atomic mass is 16.5. The maximum atomic E-state index is 5.25. The van der Waals surface area contributed by atoms with Crippen LogP contribution in [0.1, 0.15) is 16.7 Å². The van der Waals surface area contributed by atoms with Crippen LogP contribution < -0.4 is 4.74 Å². The zero-order chi connectivity index (χ0) is 12.1. The van der Waals surface area contributed by atoms with Crippen LogP contribution in [0.5, 0.6) is 5.75 Å². The van der Waals surface area contributed by atoms with Crippen LogP contribution in [-0.2, 0) is 0 Å². The molecule has 0 saturated heterocycles. The molecule has 0 amide bonds. The van der Waals surface area contributed by atoms with E-state index in [1.807, 2.05) is 36.4 Å². The highest BCUT2D eigenvalue weighted by Gasteiger charge is 1.96. The molecule has 1 nitrogen and oxygen atoms in total. The fraction of sp³-hybridized carbons (Fsp3) is 0.125. The van der Waals surface area contributed by atoms with Crippen molar-refractivity contribution in [1.29, 1.82) is 0 Å². The van der Waals surface area contributed by atoms with Crippen molar-refractivity contribution < 1.29 is 4.74 Å². The SMILES string of the molecule is COc1ccccc1C#Cc1cccc(C)c1. The topological polar surface area (TPSA) is 9.23 Å². The molecule has 0 bridgehead atoms. The Labute approximate surface area is 102 Å². The smallest absolute Gasteiger partial charge is 0.134 e. The van der Waals surface area contributed by atoms with Gasteiger partial charge in [0, 0.05) is 5.56 Å². The number of hydrogen-bond acceptors (Lipinski definition) is 1. The van der Waals surface area contributed by atoms with Crippen LogP contribution in [0.4, 0.5) is 0 Å². The molecule has 0 N–H and O–H groups in total. The first kappa shape index (κ1) is 11.3. The van der Waals surface area contributed by atoms with Crippen LogP contribution in [0, 0.1) is 18.8 Å². The van der Waals surface area contributed by atoms with Crippen molar-refractivity contribution in [3.05, 3.63) is 65.2 Å². The second kappa shape index (κ2) is 5.23. The fourth-order valence-corrected chi connectivity index (χ4v) is 1.61. The molecule has 0 atom stereocenters. The molecular formula is C16H14O. The van der Waals surface area contributed by atoms with E-state index in [0.29, 0.717) is 0 Å². The summed E-state index contributed by atoms with van der Waals surface area (Å²) in [6.45, 7) is 2.06. The number of benzene rings is 2. The minimum absolute atomic E-state index is 0.813. The maximum Gasteiger partial charge on any atom is 0.134 e. The summed E-state index contributed by atoms with van der Waals surface area (Å²) in [5.74, 6) is 7.09. The van der Waals surface area contributed by atoms with E-state index in [1.165, 1.54) is 5.56 Å². The molecular weight excluding hydrogens is 208 g/mol. The van der Waals surface area contributed by atoms with Gasteiger partial charge in [-0.2, -0.15) is 0 Å². The minimum atomic E-state index is 0.813. The van der Waals surface area contributed by atoms with E-state index in [2.05, 4.69) is 30.9 Å². The maximum absolute atomic E-state index is 5.25. The molecule has 0 radical (unpaired) electrons. The lowest BCUT2D eigenvalue weighted by atomic mass is 10.1. The van der Waals surface area contributed by atoms with Crippen LogP contribution in [0.25, 0.3) is 0 Å². The number of para-hydroxylation sites is 1. The summed E-state index contributed by atoms with van der Waals surface area (Å²) in [5, 5.41) is 0. The number of aryl methyl sites for hydroxylation is 1. The molecule has 0 heterocycles. The summed E-state index contributed by atoms with van der Waals surface area (Å²) in [4.78, 5) is 0. The third-order valence-electron chi connectivity index (χ3n) is 2.47. The first-order valence-corrected chi connectivity index (χ1v) is 5.51. The predicted octanol–water partition coefficient (Wildman–Crippen LogP) is 3.40. The molecule has 0 aliphatic carbocycles. The Morgan fingerprint density at radius 2 is 1.76 bits per heavy atom. The van der Waals surface area contributed by atoms with E-state index in [1.54, 1.807) is 7.11 Å². The lowest BCUT2D eigenvalue weighted by Gasteiger charge is -2.01. The minimum Gasteiger partial charge on any atom is -0.495 e. The normalized spacial score (nSPS) is 9.29. The molecule has 2 rings (SSSR count). The molecule has 84 valence electrons. The van der Waals surface area contributed by atoms with E-state index >= 15 is 0 Å². The summed E-state index contributed by atoms with van der Waals surface area (Å²) in [6, 6.07) is 15.9. The average molecular weight is 222 g/mol. The van der Waals surface area contributed by atoms with E-state index in [-0.39, 0.29) is 0 Å². The summed E-state index contributed by atoms with van der Waals surface area (Å²) >= 11 is 0. The van der Waals surface area contributed by atoms with Gasteiger partial charge in [0.15, 0.2) is 0 Å². The zero-order valence-electron chi connectivity index (χ0n) is 10.0. The van der Waals surface area contributed by atoms with Gasteiger partial charge >= 0.3 is 0 Å². The van der Waals surface area contributed by atoms with Gasteiger partial charge in [-0.25, -0.2) is 0 Å². The Morgan fingerprint density at radius 3 is 2.53 bits per heavy atom. The van der Waals surface area contributed by atoms with Gasteiger partial charge in [0.2, 0.25) is 0 Å². The van der Waals surface area contributed by atoms with Gasteiger partial charge in [0.05, 0.1) is 12.7 Å². The van der Waals surface area contributed by atoms with E-state index in [9.17, 15) is 0 Å². The summed E-state index contributed by atoms with van der Waals surface area (Å²) < 4.78 is 5.25. The molecule has 0 fully saturated rings. The molecule has 2 aromatic rings. The Hall–Kier alpha value is -2.20. The average Bonchev–Trinajstić information content (AvgIpc) is 2.37. The van der Waals surface area contributed by atoms with E-state index in [0.717, 1.165) is 16.9 Å². The number of ether oxygens (including phenoxy) is 1. The van der Waals surface area contributed by atoms with Gasteiger partial charge in [0.25, 0.3) is 0 Å². The molecule has 17 heavy (non-hydrogen) atoms. The van der Waals surface area contributed by atoms with Gasteiger partial charge in [0.1, 0.15) is 5.75 Å². The van der Waals surface area contributed by atoms with Gasteiger partial charge in [-0.3, -0.25) is 0 Å². The highest BCUT2D eigenvalue weighted by Crippen LogP contribution is 2.15. The Kier molecular flexibility index (Phi) is 3.47. The lowest BCUT2D eigenvalue weighted by molar-refractivity contribution is 0.413. The molecule has 0 spiro atoms. The Morgan fingerprint density at radius 1 is 0.941 bits per heavy atom. The first-order valence-electron chi connectivity index (χ1n) is 5.51. The van der Waals surface area contributed by atoms with Crippen molar-refractivity contribution in [3.8, 4) is 17.6 Å². The van der Waals surface area contributed by atoms with Crippen molar-refractivity contribution in [2.45, 2.75) is 6.92 Å². The van der Waals surface area contributed by atoms with Crippen LogP contribution in [-0.4, -0.2) is 7.11 Å². The number of methoxy groups -OCH3 is 1. The summed E-state index contributed by atoms with van der Waals surface area (Å²) in [5.41, 5.74) is 3.16. The van der Waals surface area contributed by atoms with Gasteiger partial charge in [-0.1, -0.05) is 36.1 Å². The molecule has 0 unspecified atom stereocenters. The van der Waals surface area contributed by atoms with Crippen molar-refractivity contribution in [1.82, 2.24) is 0 Å². The third kappa shape index (κ3) is 2.89.